The summed E-state index contributed by atoms with van der Waals surface area (Å²) in [5.74, 6) is -0.593. The first-order valence-corrected chi connectivity index (χ1v) is 10.3. The van der Waals surface area contributed by atoms with Gasteiger partial charge in [0, 0.05) is 11.1 Å². The van der Waals surface area contributed by atoms with Crippen LogP contribution in [0.5, 0.6) is 5.75 Å². The van der Waals surface area contributed by atoms with E-state index in [4.69, 9.17) is 32.7 Å². The van der Waals surface area contributed by atoms with Crippen LogP contribution in [-0.2, 0) is 15.1 Å². The highest BCUT2D eigenvalue weighted by Crippen LogP contribution is 2.40. The van der Waals surface area contributed by atoms with E-state index in [9.17, 15) is 14.0 Å². The van der Waals surface area contributed by atoms with Crippen molar-refractivity contribution in [1.29, 1.82) is 0 Å². The van der Waals surface area contributed by atoms with Crippen LogP contribution in [-0.4, -0.2) is 41.0 Å². The van der Waals surface area contributed by atoms with E-state index in [1.165, 1.54) is 31.2 Å². The summed E-state index contributed by atoms with van der Waals surface area (Å²) in [6.45, 7) is 5.02. The van der Waals surface area contributed by atoms with Gasteiger partial charge < -0.3 is 15.2 Å². The van der Waals surface area contributed by atoms with E-state index in [0.717, 1.165) is 0 Å². The second kappa shape index (κ2) is 9.10. The van der Waals surface area contributed by atoms with Gasteiger partial charge in [0.1, 0.15) is 17.2 Å². The predicted molar refractivity (Wildman–Crippen MR) is 108 cm³/mol. The Kier molecular flexibility index (Phi) is 7.17. The number of rotatable bonds is 3. The van der Waals surface area contributed by atoms with E-state index in [2.05, 4.69) is 0 Å². The molecule has 0 radical (unpaired) electrons. The SMILES string of the molecule is CC(=O)c1ccc2c(c1)C(N)C(OC(=O)c1ccc(F)cc1)C(C)(C)O2.O=S(=O)(O)O. The smallest absolute Gasteiger partial charge is 0.394 e. The lowest BCUT2D eigenvalue weighted by atomic mass is 9.86. The van der Waals surface area contributed by atoms with E-state index >= 15 is 0 Å². The standard InChI is InChI=1S/C20H20FNO4.H2O4S/c1-11(23)13-6-9-16-15(10-13)17(22)18(20(2,3)26-16)25-19(24)12-4-7-14(21)8-5-12;1-5(2,3)4/h4-10,17-18H,22H2,1-3H3;(H2,1,2,3,4). The molecule has 0 aliphatic carbocycles. The quantitative estimate of drug-likeness (QED) is 0.360. The second-order valence-electron chi connectivity index (χ2n) is 7.32. The van der Waals surface area contributed by atoms with Gasteiger partial charge in [-0.3, -0.25) is 13.9 Å². The first-order valence-electron chi connectivity index (χ1n) is 8.95. The fourth-order valence-corrected chi connectivity index (χ4v) is 3.04. The van der Waals surface area contributed by atoms with Gasteiger partial charge in [0.25, 0.3) is 0 Å². The Bertz CT molecular complexity index is 1070. The number of Topliss-reactive ketones (excluding diaryl/α,β-unsaturated/α-hetero) is 1. The zero-order valence-corrected chi connectivity index (χ0v) is 17.7. The zero-order valence-electron chi connectivity index (χ0n) is 16.9. The van der Waals surface area contributed by atoms with Crippen molar-refractivity contribution in [3.05, 3.63) is 65.0 Å². The molecule has 1 aliphatic rings. The zero-order chi connectivity index (χ0) is 23.6. The van der Waals surface area contributed by atoms with Crippen molar-refractivity contribution in [2.24, 2.45) is 5.73 Å². The molecule has 4 N–H and O–H groups in total. The number of hydrogen-bond acceptors (Lipinski definition) is 7. The monoisotopic (exact) mass is 455 g/mol. The van der Waals surface area contributed by atoms with Crippen molar-refractivity contribution in [2.75, 3.05) is 0 Å². The first kappa shape index (κ1) is 24.4. The Morgan fingerprint density at radius 1 is 1.10 bits per heavy atom. The minimum Gasteiger partial charge on any atom is -0.484 e. The number of halogens is 1. The van der Waals surface area contributed by atoms with Crippen molar-refractivity contribution in [3.63, 3.8) is 0 Å². The summed E-state index contributed by atoms with van der Waals surface area (Å²) in [6.07, 6.45) is -0.783. The average molecular weight is 455 g/mol. The molecule has 0 fully saturated rings. The molecule has 2 aromatic carbocycles. The average Bonchev–Trinajstić information content (AvgIpc) is 2.63. The summed E-state index contributed by atoms with van der Waals surface area (Å²) in [7, 11) is -4.67. The molecule has 2 unspecified atom stereocenters. The molecule has 0 amide bonds. The number of hydrogen-bond donors (Lipinski definition) is 3. The van der Waals surface area contributed by atoms with E-state index in [0.29, 0.717) is 16.9 Å². The molecule has 168 valence electrons. The molecule has 31 heavy (non-hydrogen) atoms. The normalized spacial score (nSPS) is 19.2. The van der Waals surface area contributed by atoms with E-state index in [1.807, 2.05) is 0 Å². The summed E-state index contributed by atoms with van der Waals surface area (Å²) in [5, 5.41) is 0. The third kappa shape index (κ3) is 6.56. The lowest BCUT2D eigenvalue weighted by molar-refractivity contribution is -0.0726. The van der Waals surface area contributed by atoms with Gasteiger partial charge >= 0.3 is 16.4 Å². The van der Waals surface area contributed by atoms with Gasteiger partial charge in [0.05, 0.1) is 11.6 Å². The molecular weight excluding hydrogens is 433 g/mol. The topological polar surface area (TPSA) is 153 Å². The molecule has 1 heterocycles. The third-order valence-corrected chi connectivity index (χ3v) is 4.47. The van der Waals surface area contributed by atoms with Crippen molar-refractivity contribution in [2.45, 2.75) is 38.5 Å². The fourth-order valence-electron chi connectivity index (χ4n) is 3.04. The van der Waals surface area contributed by atoms with Gasteiger partial charge in [-0.25, -0.2) is 9.18 Å². The van der Waals surface area contributed by atoms with E-state index in [1.54, 1.807) is 32.0 Å². The van der Waals surface area contributed by atoms with Gasteiger partial charge in [-0.2, -0.15) is 8.42 Å². The van der Waals surface area contributed by atoms with E-state index < -0.39 is 39.9 Å². The van der Waals surface area contributed by atoms with Crippen LogP contribution in [0.2, 0.25) is 0 Å². The Morgan fingerprint density at radius 2 is 1.61 bits per heavy atom. The third-order valence-electron chi connectivity index (χ3n) is 4.47. The van der Waals surface area contributed by atoms with Crippen molar-refractivity contribution >= 4 is 22.2 Å². The lowest BCUT2D eigenvalue weighted by Gasteiger charge is -2.42. The Morgan fingerprint density at radius 3 is 2.13 bits per heavy atom. The van der Waals surface area contributed by atoms with Crippen LogP contribution >= 0.6 is 0 Å². The van der Waals surface area contributed by atoms with Crippen molar-refractivity contribution < 1.29 is 41.0 Å². The maximum absolute atomic E-state index is 13.0. The molecular formula is C20H22FNO8S. The summed E-state index contributed by atoms with van der Waals surface area (Å²) in [5.41, 5.74) is 6.81. The maximum Gasteiger partial charge on any atom is 0.394 e. The molecule has 3 rings (SSSR count). The minimum atomic E-state index is -4.67. The number of ether oxygens (including phenoxy) is 2. The van der Waals surface area contributed by atoms with Gasteiger partial charge in [0.2, 0.25) is 0 Å². The second-order valence-corrected chi connectivity index (χ2v) is 8.22. The Hall–Kier alpha value is -2.86. The molecule has 11 heteroatoms. The van der Waals surface area contributed by atoms with Gasteiger partial charge in [-0.05, 0) is 63.2 Å². The molecule has 1 aliphatic heterocycles. The molecule has 0 saturated carbocycles. The van der Waals surface area contributed by atoms with Crippen LogP contribution in [0, 0.1) is 5.82 Å². The van der Waals surface area contributed by atoms with Crippen LogP contribution in [0.15, 0.2) is 42.5 Å². The first-order chi connectivity index (χ1) is 14.2. The summed E-state index contributed by atoms with van der Waals surface area (Å²) in [6, 6.07) is 9.44. The molecule has 0 spiro atoms. The number of nitrogens with two attached hydrogens (primary N) is 1. The van der Waals surface area contributed by atoms with Crippen LogP contribution < -0.4 is 10.5 Å². The number of carbonyl (C=O) groups is 2. The van der Waals surface area contributed by atoms with E-state index in [-0.39, 0.29) is 11.3 Å². The van der Waals surface area contributed by atoms with Crippen LogP contribution in [0.4, 0.5) is 4.39 Å². The highest BCUT2D eigenvalue weighted by molar-refractivity contribution is 7.79. The number of esters is 1. The summed E-state index contributed by atoms with van der Waals surface area (Å²) in [4.78, 5) is 24.1. The molecule has 0 bridgehead atoms. The number of fused-ring (bicyclic) bond motifs is 1. The maximum atomic E-state index is 13.0. The highest BCUT2D eigenvalue weighted by Gasteiger charge is 2.45. The molecule has 9 nitrogen and oxygen atoms in total. The summed E-state index contributed by atoms with van der Waals surface area (Å²) >= 11 is 0. The minimum absolute atomic E-state index is 0.0929. The lowest BCUT2D eigenvalue weighted by Crippen LogP contribution is -2.53. The fraction of sp³-hybridized carbons (Fsp3) is 0.300. The number of benzene rings is 2. The number of ketones is 1. The van der Waals surface area contributed by atoms with Crippen molar-refractivity contribution in [3.8, 4) is 5.75 Å². The summed E-state index contributed by atoms with van der Waals surface area (Å²) < 4.78 is 56.2. The highest BCUT2D eigenvalue weighted by atomic mass is 32.3. The van der Waals surface area contributed by atoms with Crippen molar-refractivity contribution in [1.82, 2.24) is 0 Å². The van der Waals surface area contributed by atoms with Gasteiger partial charge in [-0.1, -0.05) is 0 Å². The largest absolute Gasteiger partial charge is 0.484 e. The number of carbonyl (C=O) groups excluding carboxylic acids is 2. The molecule has 2 atom stereocenters. The van der Waals surface area contributed by atoms with Crippen LogP contribution in [0.3, 0.4) is 0 Å². The van der Waals surface area contributed by atoms with Crippen LogP contribution in [0.25, 0.3) is 0 Å². The Labute approximate surface area is 178 Å². The van der Waals surface area contributed by atoms with Crippen LogP contribution in [0.1, 0.15) is 53.1 Å². The molecule has 0 saturated heterocycles. The van der Waals surface area contributed by atoms with Gasteiger partial charge in [0.15, 0.2) is 11.9 Å². The van der Waals surface area contributed by atoms with Gasteiger partial charge in [-0.15, -0.1) is 0 Å². The molecule has 0 aromatic heterocycles. The Balaban J connectivity index is 0.000000614. The molecule has 2 aromatic rings. The predicted octanol–water partition coefficient (Wildman–Crippen LogP) is 2.77.